The normalized spacial score (nSPS) is 17.8. The molecule has 0 bridgehead atoms. The van der Waals surface area contributed by atoms with Crippen molar-refractivity contribution in [2.24, 2.45) is 11.1 Å². The highest BCUT2D eigenvalue weighted by Crippen LogP contribution is 2.20. The summed E-state index contributed by atoms with van der Waals surface area (Å²) in [6, 6.07) is 14.4. The second-order valence-electron chi connectivity index (χ2n) is 9.43. The van der Waals surface area contributed by atoms with Crippen LogP contribution in [0.5, 0.6) is 0 Å². The number of sulfonamides is 1. The van der Waals surface area contributed by atoms with Crippen molar-refractivity contribution in [3.63, 3.8) is 0 Å². The Morgan fingerprint density at radius 3 is 2.49 bits per heavy atom. The zero-order valence-electron chi connectivity index (χ0n) is 21.1. The molecule has 3 atom stereocenters. The summed E-state index contributed by atoms with van der Waals surface area (Å²) in [6.45, 7) is 4.55. The lowest BCUT2D eigenvalue weighted by Crippen LogP contribution is -2.51. The van der Waals surface area contributed by atoms with E-state index in [1.54, 1.807) is 0 Å². The van der Waals surface area contributed by atoms with Gasteiger partial charge in [0.05, 0.1) is 36.5 Å². The van der Waals surface area contributed by atoms with Crippen molar-refractivity contribution in [1.29, 1.82) is 0 Å². The minimum atomic E-state index is -3.97. The molecule has 0 saturated carbocycles. The van der Waals surface area contributed by atoms with Crippen LogP contribution in [0.15, 0.2) is 64.6 Å². The van der Waals surface area contributed by atoms with E-state index in [9.17, 15) is 18.3 Å². The average Bonchev–Trinajstić information content (AvgIpc) is 3.37. The van der Waals surface area contributed by atoms with Gasteiger partial charge in [0, 0.05) is 19.5 Å². The molecule has 0 spiro atoms. The number of nitrogens with one attached hydrogen (secondary N) is 1. The van der Waals surface area contributed by atoms with Crippen LogP contribution in [-0.4, -0.2) is 79.9 Å². The molecule has 0 aromatic heterocycles. The number of rotatable bonds is 12. The van der Waals surface area contributed by atoms with Crippen molar-refractivity contribution in [3.8, 4) is 0 Å². The van der Waals surface area contributed by atoms with Gasteiger partial charge in [-0.3, -0.25) is 0 Å². The summed E-state index contributed by atoms with van der Waals surface area (Å²) in [7, 11) is -3.97. The first kappa shape index (κ1) is 28.6. The number of alkyl carbamates (subject to hydrolysis) is 1. The second kappa shape index (κ2) is 13.5. The van der Waals surface area contributed by atoms with Crippen LogP contribution in [-0.2, 0) is 25.9 Å². The minimum absolute atomic E-state index is 0.0179. The van der Waals surface area contributed by atoms with Crippen molar-refractivity contribution in [1.82, 2.24) is 9.62 Å². The van der Waals surface area contributed by atoms with Gasteiger partial charge < -0.3 is 25.1 Å². The predicted molar refractivity (Wildman–Crippen MR) is 138 cm³/mol. The predicted octanol–water partition coefficient (Wildman–Crippen LogP) is 2.63. The molecule has 1 aliphatic heterocycles. The number of ether oxygens (including phenoxy) is 2. The first-order chi connectivity index (χ1) is 17.7. The largest absolute Gasteiger partial charge is 0.444 e. The Balaban J connectivity index is 1.80. The molecule has 2 aromatic carbocycles. The summed E-state index contributed by atoms with van der Waals surface area (Å²) in [5.74, 6) is -0.0179. The number of carbonyl (C=O) groups excluding carboxylic acids is 1. The maximum absolute atomic E-state index is 13.5. The van der Waals surface area contributed by atoms with Crippen molar-refractivity contribution in [2.45, 2.75) is 49.8 Å². The van der Waals surface area contributed by atoms with Gasteiger partial charge in [-0.15, -0.1) is 0 Å². The maximum Gasteiger partial charge on any atom is 0.407 e. The van der Waals surface area contributed by atoms with E-state index in [0.717, 1.165) is 5.56 Å². The summed E-state index contributed by atoms with van der Waals surface area (Å²) >= 11 is 0. The first-order valence-corrected chi connectivity index (χ1v) is 13.7. The molecule has 202 valence electrons. The molecule has 3 rings (SSSR count). The van der Waals surface area contributed by atoms with Crippen LogP contribution in [0.3, 0.4) is 0 Å². The Bertz CT molecular complexity index is 1120. The second-order valence-corrected chi connectivity index (χ2v) is 11.4. The average molecular weight is 534 g/mol. The van der Waals surface area contributed by atoms with E-state index < -0.39 is 28.3 Å². The molecule has 2 aromatic rings. The number of amides is 1. The van der Waals surface area contributed by atoms with Crippen LogP contribution in [0.1, 0.15) is 31.4 Å². The summed E-state index contributed by atoms with van der Waals surface area (Å²) in [6.07, 6.45) is -0.183. The number of benzene rings is 2. The molecular weight excluding hydrogens is 498 g/mol. The number of aliphatic hydroxyl groups excluding tert-OH is 1. The molecule has 0 aliphatic carbocycles. The highest BCUT2D eigenvalue weighted by atomic mass is 32.2. The van der Waals surface area contributed by atoms with Crippen LogP contribution < -0.4 is 5.32 Å². The van der Waals surface area contributed by atoms with Crippen molar-refractivity contribution in [3.05, 3.63) is 65.7 Å². The topological polar surface area (TPSA) is 138 Å². The van der Waals surface area contributed by atoms with Gasteiger partial charge in [0.15, 0.2) is 0 Å². The molecular formula is C26H35N3O7S. The Labute approximate surface area is 217 Å². The Morgan fingerprint density at radius 1 is 1.19 bits per heavy atom. The van der Waals surface area contributed by atoms with Gasteiger partial charge in [0.2, 0.25) is 10.0 Å². The third-order valence-corrected chi connectivity index (χ3v) is 7.76. The molecule has 0 radical (unpaired) electrons. The van der Waals surface area contributed by atoms with Crippen molar-refractivity contribution < 1.29 is 33.0 Å². The van der Waals surface area contributed by atoms with Gasteiger partial charge in [0.25, 0.3) is 0 Å². The zero-order valence-corrected chi connectivity index (χ0v) is 21.9. The number of nitrogens with zero attached hydrogens (tertiary/aromatic N) is 2. The van der Waals surface area contributed by atoms with Gasteiger partial charge in [-0.1, -0.05) is 61.5 Å². The van der Waals surface area contributed by atoms with E-state index in [1.807, 2.05) is 44.2 Å². The van der Waals surface area contributed by atoms with Crippen LogP contribution in [0.4, 0.5) is 4.79 Å². The lowest BCUT2D eigenvalue weighted by atomic mass is 10.0. The summed E-state index contributed by atoms with van der Waals surface area (Å²) < 4.78 is 38.9. The lowest BCUT2D eigenvalue weighted by Gasteiger charge is -2.30. The maximum atomic E-state index is 13.5. The molecule has 1 saturated heterocycles. The molecule has 11 heteroatoms. The Morgan fingerprint density at radius 2 is 1.89 bits per heavy atom. The fraction of sp³-hybridized carbons (Fsp3) is 0.462. The van der Waals surface area contributed by atoms with Gasteiger partial charge in [-0.25, -0.2) is 13.2 Å². The summed E-state index contributed by atoms with van der Waals surface area (Å²) in [5, 5.41) is 25.6. The highest BCUT2D eigenvalue weighted by molar-refractivity contribution is 7.89. The third-order valence-electron chi connectivity index (χ3n) is 5.91. The van der Waals surface area contributed by atoms with Crippen LogP contribution in [0.25, 0.3) is 0 Å². The van der Waals surface area contributed by atoms with E-state index in [2.05, 4.69) is 10.5 Å². The number of hydrogen-bond acceptors (Lipinski definition) is 8. The summed E-state index contributed by atoms with van der Waals surface area (Å²) in [4.78, 5) is 12.7. The van der Waals surface area contributed by atoms with Gasteiger partial charge in [-0.05, 0) is 35.6 Å². The summed E-state index contributed by atoms with van der Waals surface area (Å²) in [5.41, 5.74) is 1.41. The van der Waals surface area contributed by atoms with E-state index >= 15 is 0 Å². The van der Waals surface area contributed by atoms with Crippen molar-refractivity contribution in [2.75, 3.05) is 26.3 Å². The van der Waals surface area contributed by atoms with Crippen LogP contribution >= 0.6 is 0 Å². The number of carbonyl (C=O) groups is 1. The monoisotopic (exact) mass is 533 g/mol. The lowest BCUT2D eigenvalue weighted by molar-refractivity contribution is 0.0644. The molecule has 37 heavy (non-hydrogen) atoms. The van der Waals surface area contributed by atoms with Gasteiger partial charge >= 0.3 is 6.09 Å². The van der Waals surface area contributed by atoms with Crippen molar-refractivity contribution >= 4 is 22.3 Å². The molecule has 1 amide bonds. The molecule has 1 unspecified atom stereocenters. The zero-order chi connectivity index (χ0) is 26.8. The fourth-order valence-electron chi connectivity index (χ4n) is 4.05. The van der Waals surface area contributed by atoms with E-state index in [1.165, 1.54) is 34.8 Å². The molecule has 1 heterocycles. The standard InChI is InChI=1S/C26H35N3O7S/c1-19(2)16-29(37(33,34)23-10-8-21(9-11-23)15-27-32)17-25(30)24(14-20-6-4-3-5-7-20)28-26(31)36-22-12-13-35-18-22/h3-11,15,19,22,24-25,30,32H,12-14,16-18H2,1-2H3,(H,28,31)/b27-15+/t22?,24-,25+/m0/s1. The third kappa shape index (κ3) is 8.53. The molecule has 10 nitrogen and oxygen atoms in total. The Hall–Kier alpha value is -2.99. The smallest absolute Gasteiger partial charge is 0.407 e. The number of hydrogen-bond donors (Lipinski definition) is 3. The SMILES string of the molecule is CC(C)CN(C[C@@H](O)[C@H](Cc1ccccc1)NC(=O)OC1CCOC1)S(=O)(=O)c1ccc(/C=N/O)cc1. The van der Waals surface area contributed by atoms with E-state index in [0.29, 0.717) is 25.2 Å². The molecule has 1 aliphatic rings. The Kier molecular flexibility index (Phi) is 10.4. The fourth-order valence-corrected chi connectivity index (χ4v) is 5.67. The quantitative estimate of drug-likeness (QED) is 0.217. The number of oxime groups is 1. The number of aliphatic hydroxyl groups is 1. The first-order valence-electron chi connectivity index (χ1n) is 12.2. The minimum Gasteiger partial charge on any atom is -0.444 e. The highest BCUT2D eigenvalue weighted by Gasteiger charge is 2.32. The van der Waals surface area contributed by atoms with Gasteiger partial charge in [-0.2, -0.15) is 4.31 Å². The van der Waals surface area contributed by atoms with Gasteiger partial charge in [0.1, 0.15) is 6.10 Å². The van der Waals surface area contributed by atoms with E-state index in [-0.39, 0.29) is 36.4 Å². The molecule has 1 fully saturated rings. The van der Waals surface area contributed by atoms with E-state index in [4.69, 9.17) is 14.7 Å². The van der Waals surface area contributed by atoms with Crippen LogP contribution in [0.2, 0.25) is 0 Å². The molecule has 3 N–H and O–H groups in total. The van der Waals surface area contributed by atoms with Crippen LogP contribution in [0, 0.1) is 5.92 Å².